The number of anilines is 1. The van der Waals surface area contributed by atoms with E-state index in [-0.39, 0.29) is 34.8 Å². The number of hydrogen-bond donors (Lipinski definition) is 1. The van der Waals surface area contributed by atoms with Crippen molar-refractivity contribution in [1.29, 1.82) is 0 Å². The Kier molecular flexibility index (Phi) is 11.2. The van der Waals surface area contributed by atoms with E-state index in [4.69, 9.17) is 14.2 Å². The van der Waals surface area contributed by atoms with Gasteiger partial charge in [-0.15, -0.1) is 0 Å². The fourth-order valence-corrected chi connectivity index (χ4v) is 5.62. The highest BCUT2D eigenvalue weighted by Gasteiger charge is 2.34. The van der Waals surface area contributed by atoms with E-state index in [2.05, 4.69) is 5.32 Å². The zero-order valence-corrected chi connectivity index (χ0v) is 25.7. The molecule has 3 aromatic carbocycles. The van der Waals surface area contributed by atoms with Crippen LogP contribution in [0.3, 0.4) is 0 Å². The number of hydrogen-bond acceptors (Lipinski definition) is 7. The monoisotopic (exact) mass is 597 g/mol. The Bertz CT molecular complexity index is 1440. The molecule has 0 saturated carbocycles. The van der Waals surface area contributed by atoms with Gasteiger partial charge in [0, 0.05) is 12.6 Å². The number of carbonyl (C=O) groups is 2. The smallest absolute Gasteiger partial charge is 0.264 e. The maximum atomic E-state index is 14.1. The zero-order chi connectivity index (χ0) is 30.9. The van der Waals surface area contributed by atoms with Gasteiger partial charge >= 0.3 is 0 Å². The summed E-state index contributed by atoms with van der Waals surface area (Å²) in [4.78, 5) is 28.6. The molecule has 0 bridgehead atoms. The molecule has 0 aliphatic carbocycles. The van der Waals surface area contributed by atoms with Gasteiger partial charge in [-0.3, -0.25) is 13.9 Å². The van der Waals surface area contributed by atoms with Crippen LogP contribution in [0.2, 0.25) is 0 Å². The van der Waals surface area contributed by atoms with Crippen LogP contribution in [0, 0.1) is 0 Å². The summed E-state index contributed by atoms with van der Waals surface area (Å²) in [5, 5.41) is 2.92. The predicted octanol–water partition coefficient (Wildman–Crippen LogP) is 4.24. The molecule has 0 aliphatic heterocycles. The summed E-state index contributed by atoms with van der Waals surface area (Å²) in [6.07, 6.45) is 0.715. The Morgan fingerprint density at radius 2 is 1.40 bits per heavy atom. The topological polar surface area (TPSA) is 114 Å². The summed E-state index contributed by atoms with van der Waals surface area (Å²) in [7, 11) is 0.212. The fraction of sp³-hybridized carbons (Fsp3) is 0.355. The second-order valence-corrected chi connectivity index (χ2v) is 11.6. The van der Waals surface area contributed by atoms with Crippen LogP contribution in [0.15, 0.2) is 77.7 Å². The molecule has 0 radical (unpaired) electrons. The van der Waals surface area contributed by atoms with Crippen molar-refractivity contribution in [2.75, 3.05) is 32.2 Å². The van der Waals surface area contributed by atoms with Gasteiger partial charge in [0.15, 0.2) is 0 Å². The lowest BCUT2D eigenvalue weighted by Crippen LogP contribution is -2.52. The number of amides is 2. The first-order valence-electron chi connectivity index (χ1n) is 13.6. The molecule has 2 amide bonds. The van der Waals surface area contributed by atoms with Gasteiger partial charge in [0.1, 0.15) is 29.8 Å². The molecule has 42 heavy (non-hydrogen) atoms. The summed E-state index contributed by atoms with van der Waals surface area (Å²) in [6, 6.07) is 18.6. The Balaban J connectivity index is 2.06. The first-order valence-corrected chi connectivity index (χ1v) is 15.0. The molecule has 2 atom stereocenters. The van der Waals surface area contributed by atoms with E-state index in [0.29, 0.717) is 17.9 Å². The number of rotatable bonds is 14. The van der Waals surface area contributed by atoms with Crippen LogP contribution in [0.4, 0.5) is 5.69 Å². The molecule has 3 rings (SSSR count). The van der Waals surface area contributed by atoms with E-state index < -0.39 is 28.5 Å². The fourth-order valence-electron chi connectivity index (χ4n) is 4.20. The molecule has 226 valence electrons. The molecule has 3 aromatic rings. The summed E-state index contributed by atoms with van der Waals surface area (Å²) in [5.41, 5.74) is 0.930. The number of ether oxygens (including phenoxy) is 3. The minimum atomic E-state index is -4.26. The lowest BCUT2D eigenvalue weighted by molar-refractivity contribution is -0.139. The van der Waals surface area contributed by atoms with E-state index in [1.54, 1.807) is 62.6 Å². The summed E-state index contributed by atoms with van der Waals surface area (Å²) in [5.74, 6) is 0.494. The van der Waals surface area contributed by atoms with Crippen molar-refractivity contribution < 1.29 is 32.2 Å². The standard InChI is InChI=1S/C31H39N3O7S/c1-7-22(2)32-31(36)23(3)33(20-24-12-14-25(39-4)15-13-24)30(35)21-34(28-10-8-9-11-29(28)41-6)42(37,38)27-18-16-26(40-5)17-19-27/h8-19,22-23H,7,20-21H2,1-6H3,(H,32,36)/t22-,23+/m1/s1. The molecule has 0 saturated heterocycles. The van der Waals surface area contributed by atoms with Gasteiger partial charge in [-0.25, -0.2) is 8.42 Å². The summed E-state index contributed by atoms with van der Waals surface area (Å²) < 4.78 is 45.0. The molecule has 11 heteroatoms. The molecule has 0 heterocycles. The Hall–Kier alpha value is -4.25. The van der Waals surface area contributed by atoms with E-state index >= 15 is 0 Å². The number of methoxy groups -OCH3 is 3. The third-order valence-corrected chi connectivity index (χ3v) is 8.73. The first kappa shape index (κ1) is 32.3. The molecule has 0 aromatic heterocycles. The largest absolute Gasteiger partial charge is 0.497 e. The summed E-state index contributed by atoms with van der Waals surface area (Å²) in [6.45, 7) is 4.95. The number of sulfonamides is 1. The number of carbonyl (C=O) groups excluding carboxylic acids is 2. The van der Waals surface area contributed by atoms with Gasteiger partial charge in [0.05, 0.1) is 31.9 Å². The molecule has 0 spiro atoms. The van der Waals surface area contributed by atoms with Gasteiger partial charge in [-0.2, -0.15) is 0 Å². The molecular formula is C31H39N3O7S. The normalized spacial score (nSPS) is 12.5. The minimum absolute atomic E-state index is 0.0359. The van der Waals surface area contributed by atoms with Crippen LogP contribution in [0.25, 0.3) is 0 Å². The van der Waals surface area contributed by atoms with Gasteiger partial charge in [-0.1, -0.05) is 31.2 Å². The Labute approximate surface area is 248 Å². The van der Waals surface area contributed by atoms with E-state index in [1.165, 1.54) is 43.4 Å². The summed E-state index contributed by atoms with van der Waals surface area (Å²) >= 11 is 0. The maximum Gasteiger partial charge on any atom is 0.264 e. The van der Waals surface area contributed by atoms with Crippen LogP contribution in [-0.4, -0.2) is 65.1 Å². The van der Waals surface area contributed by atoms with Crippen LogP contribution in [0.1, 0.15) is 32.8 Å². The highest BCUT2D eigenvalue weighted by atomic mass is 32.2. The van der Waals surface area contributed by atoms with Crippen molar-refractivity contribution >= 4 is 27.5 Å². The molecule has 10 nitrogen and oxygen atoms in total. The lowest BCUT2D eigenvalue weighted by atomic mass is 10.1. The van der Waals surface area contributed by atoms with Crippen LogP contribution >= 0.6 is 0 Å². The second-order valence-electron chi connectivity index (χ2n) is 9.72. The lowest BCUT2D eigenvalue weighted by Gasteiger charge is -2.32. The number of nitrogens with one attached hydrogen (secondary N) is 1. The third kappa shape index (κ3) is 7.73. The van der Waals surface area contributed by atoms with Crippen LogP contribution in [-0.2, 0) is 26.2 Å². The number of para-hydroxylation sites is 2. The Morgan fingerprint density at radius 1 is 0.833 bits per heavy atom. The molecular weight excluding hydrogens is 558 g/mol. The highest BCUT2D eigenvalue weighted by Crippen LogP contribution is 2.33. The van der Waals surface area contributed by atoms with Gasteiger partial charge in [0.2, 0.25) is 11.8 Å². The average Bonchev–Trinajstić information content (AvgIpc) is 3.02. The quantitative estimate of drug-likeness (QED) is 0.296. The van der Waals surface area contributed by atoms with Crippen LogP contribution < -0.4 is 23.8 Å². The Morgan fingerprint density at radius 3 is 1.95 bits per heavy atom. The minimum Gasteiger partial charge on any atom is -0.497 e. The van der Waals surface area contributed by atoms with Crippen molar-refractivity contribution in [2.45, 2.75) is 50.7 Å². The molecule has 0 fully saturated rings. The first-order chi connectivity index (χ1) is 20.0. The zero-order valence-electron chi connectivity index (χ0n) is 24.9. The molecule has 0 unspecified atom stereocenters. The number of nitrogens with zero attached hydrogens (tertiary/aromatic N) is 2. The van der Waals surface area contributed by atoms with Gasteiger partial charge < -0.3 is 24.4 Å². The average molecular weight is 598 g/mol. The van der Waals surface area contributed by atoms with Crippen molar-refractivity contribution in [3.05, 3.63) is 78.4 Å². The highest BCUT2D eigenvalue weighted by molar-refractivity contribution is 7.92. The number of benzene rings is 3. The SMILES string of the molecule is CC[C@@H](C)NC(=O)[C@H](C)N(Cc1ccc(OC)cc1)C(=O)CN(c1ccccc1OC)S(=O)(=O)c1ccc(OC)cc1. The molecule has 1 N–H and O–H groups in total. The second kappa shape index (κ2) is 14.6. The van der Waals surface area contributed by atoms with Gasteiger partial charge in [-0.05, 0) is 74.4 Å². The van der Waals surface area contributed by atoms with Crippen molar-refractivity contribution in [1.82, 2.24) is 10.2 Å². The maximum absolute atomic E-state index is 14.1. The van der Waals surface area contributed by atoms with Crippen molar-refractivity contribution in [2.24, 2.45) is 0 Å². The van der Waals surface area contributed by atoms with Crippen molar-refractivity contribution in [3.8, 4) is 17.2 Å². The predicted molar refractivity (Wildman–Crippen MR) is 161 cm³/mol. The van der Waals surface area contributed by atoms with E-state index in [1.807, 2.05) is 13.8 Å². The third-order valence-electron chi connectivity index (χ3n) is 6.96. The van der Waals surface area contributed by atoms with E-state index in [9.17, 15) is 18.0 Å². The van der Waals surface area contributed by atoms with E-state index in [0.717, 1.165) is 9.87 Å². The van der Waals surface area contributed by atoms with Gasteiger partial charge in [0.25, 0.3) is 10.0 Å². The van der Waals surface area contributed by atoms with Crippen LogP contribution in [0.5, 0.6) is 17.2 Å². The molecule has 0 aliphatic rings. The van der Waals surface area contributed by atoms with Crippen molar-refractivity contribution in [3.63, 3.8) is 0 Å².